The topological polar surface area (TPSA) is 38.3 Å². The largest absolute Gasteiger partial charge is 0.496 e. The number of carbonyl (C=O) groups is 1. The fraction of sp³-hybridized carbons (Fsp3) is 0.278. The van der Waals surface area contributed by atoms with Crippen LogP contribution in [0.1, 0.15) is 28.8 Å². The number of methoxy groups -OCH3 is 1. The molecule has 0 bridgehead atoms. The lowest BCUT2D eigenvalue weighted by Gasteiger charge is -2.19. The molecule has 0 radical (unpaired) electrons. The summed E-state index contributed by atoms with van der Waals surface area (Å²) < 4.78 is 5.45. The summed E-state index contributed by atoms with van der Waals surface area (Å²) >= 11 is 6.07. The van der Waals surface area contributed by atoms with Crippen LogP contribution in [0.4, 0.5) is 0 Å². The highest BCUT2D eigenvalue weighted by Gasteiger charge is 2.46. The number of hydrogen-bond acceptors (Lipinski definition) is 2. The molecule has 0 aliphatic heterocycles. The maximum absolute atomic E-state index is 12.3. The minimum absolute atomic E-state index is 0.0104. The lowest BCUT2D eigenvalue weighted by Crippen LogP contribution is -2.32. The minimum Gasteiger partial charge on any atom is -0.496 e. The smallest absolute Gasteiger partial charge is 0.252 e. The van der Waals surface area contributed by atoms with E-state index in [1.54, 1.807) is 19.2 Å². The number of halogens is 1. The summed E-state index contributed by atoms with van der Waals surface area (Å²) in [5.41, 5.74) is 1.67. The second kappa shape index (κ2) is 6.01. The molecule has 0 unspecified atom stereocenters. The van der Waals surface area contributed by atoms with E-state index in [2.05, 4.69) is 11.4 Å². The normalized spacial score (nSPS) is 15.2. The maximum atomic E-state index is 12.3. The van der Waals surface area contributed by atoms with Crippen molar-refractivity contribution in [2.45, 2.75) is 18.3 Å². The Morgan fingerprint density at radius 2 is 1.86 bits per heavy atom. The molecule has 1 saturated carbocycles. The molecule has 2 aromatic carbocycles. The van der Waals surface area contributed by atoms with E-state index in [-0.39, 0.29) is 11.3 Å². The van der Waals surface area contributed by atoms with E-state index in [0.717, 1.165) is 24.2 Å². The Morgan fingerprint density at radius 3 is 2.55 bits per heavy atom. The molecule has 3 nitrogen and oxygen atoms in total. The van der Waals surface area contributed by atoms with Gasteiger partial charge in [0.2, 0.25) is 0 Å². The number of para-hydroxylation sites is 1. The summed E-state index contributed by atoms with van der Waals surface area (Å²) in [5, 5.41) is 3.49. The van der Waals surface area contributed by atoms with Crippen LogP contribution in [-0.2, 0) is 5.41 Å². The highest BCUT2D eigenvalue weighted by molar-refractivity contribution is 6.33. The van der Waals surface area contributed by atoms with Crippen LogP contribution in [-0.4, -0.2) is 19.6 Å². The zero-order valence-electron chi connectivity index (χ0n) is 12.4. The number of amides is 1. The Morgan fingerprint density at radius 1 is 1.18 bits per heavy atom. The highest BCUT2D eigenvalue weighted by atomic mass is 35.5. The molecule has 1 amide bonds. The van der Waals surface area contributed by atoms with Gasteiger partial charge in [0, 0.05) is 17.5 Å². The standard InChI is InChI=1S/C18H18ClNO2/c1-22-16-9-5-3-7-14(16)18(10-11-18)12-20-17(21)13-6-2-4-8-15(13)19/h2-9H,10-12H2,1H3,(H,20,21). The molecule has 0 aromatic heterocycles. The number of nitrogens with one attached hydrogen (secondary N) is 1. The molecule has 0 heterocycles. The molecule has 0 atom stereocenters. The molecule has 2 aromatic rings. The van der Waals surface area contributed by atoms with Crippen LogP contribution in [0, 0.1) is 0 Å². The van der Waals surface area contributed by atoms with Crippen molar-refractivity contribution in [3.63, 3.8) is 0 Å². The lowest BCUT2D eigenvalue weighted by atomic mass is 9.94. The van der Waals surface area contributed by atoms with Gasteiger partial charge in [0.15, 0.2) is 0 Å². The van der Waals surface area contributed by atoms with Crippen LogP contribution >= 0.6 is 11.6 Å². The lowest BCUT2D eigenvalue weighted by molar-refractivity contribution is 0.0949. The van der Waals surface area contributed by atoms with Crippen molar-refractivity contribution in [2.75, 3.05) is 13.7 Å². The first-order valence-electron chi connectivity index (χ1n) is 7.32. The quantitative estimate of drug-likeness (QED) is 0.911. The van der Waals surface area contributed by atoms with Crippen LogP contribution in [0.3, 0.4) is 0 Å². The number of rotatable bonds is 5. The molecule has 1 aliphatic rings. The maximum Gasteiger partial charge on any atom is 0.252 e. The van der Waals surface area contributed by atoms with Gasteiger partial charge in [-0.3, -0.25) is 4.79 Å². The van der Waals surface area contributed by atoms with Gasteiger partial charge in [-0.25, -0.2) is 0 Å². The van der Waals surface area contributed by atoms with Crippen LogP contribution in [0.25, 0.3) is 0 Å². The van der Waals surface area contributed by atoms with Crippen LogP contribution in [0.2, 0.25) is 5.02 Å². The monoisotopic (exact) mass is 315 g/mol. The second-order valence-corrected chi connectivity index (χ2v) is 6.05. The van der Waals surface area contributed by atoms with Gasteiger partial charge < -0.3 is 10.1 Å². The van der Waals surface area contributed by atoms with Gasteiger partial charge in [0.25, 0.3) is 5.91 Å². The van der Waals surface area contributed by atoms with Gasteiger partial charge in [-0.2, -0.15) is 0 Å². The molecule has 3 rings (SSSR count). The molecule has 4 heteroatoms. The van der Waals surface area contributed by atoms with Gasteiger partial charge >= 0.3 is 0 Å². The number of carbonyl (C=O) groups excluding carboxylic acids is 1. The van der Waals surface area contributed by atoms with E-state index in [1.807, 2.05) is 30.3 Å². The molecule has 114 valence electrons. The molecular formula is C18H18ClNO2. The molecule has 1 fully saturated rings. The third-order valence-electron chi connectivity index (χ3n) is 4.24. The Kier molecular flexibility index (Phi) is 4.08. The fourth-order valence-electron chi connectivity index (χ4n) is 2.77. The summed E-state index contributed by atoms with van der Waals surface area (Å²) in [4.78, 5) is 12.3. The molecule has 1 aliphatic carbocycles. The summed E-state index contributed by atoms with van der Waals surface area (Å²) in [6.45, 7) is 0.595. The van der Waals surface area contributed by atoms with E-state index in [9.17, 15) is 4.79 Å². The summed E-state index contributed by atoms with van der Waals surface area (Å²) in [6.07, 6.45) is 2.10. The van der Waals surface area contributed by atoms with Gasteiger partial charge in [-0.1, -0.05) is 41.9 Å². The van der Waals surface area contributed by atoms with Crippen molar-refractivity contribution >= 4 is 17.5 Å². The Bertz CT molecular complexity index is 695. The second-order valence-electron chi connectivity index (χ2n) is 5.64. The van der Waals surface area contributed by atoms with E-state index in [0.29, 0.717) is 17.1 Å². The predicted octanol–water partition coefficient (Wildman–Crippen LogP) is 3.81. The van der Waals surface area contributed by atoms with Crippen molar-refractivity contribution in [2.24, 2.45) is 0 Å². The first kappa shape index (κ1) is 14.9. The first-order valence-corrected chi connectivity index (χ1v) is 7.70. The Balaban J connectivity index is 1.74. The molecule has 22 heavy (non-hydrogen) atoms. The summed E-state index contributed by atoms with van der Waals surface area (Å²) in [6, 6.07) is 15.1. The van der Waals surface area contributed by atoms with E-state index in [1.165, 1.54) is 0 Å². The average Bonchev–Trinajstić information content (AvgIpc) is 3.34. The summed E-state index contributed by atoms with van der Waals surface area (Å²) in [5.74, 6) is 0.749. The van der Waals surface area contributed by atoms with Crippen LogP contribution in [0.5, 0.6) is 5.75 Å². The number of benzene rings is 2. The number of ether oxygens (including phenoxy) is 1. The number of hydrogen-bond donors (Lipinski definition) is 1. The highest BCUT2D eigenvalue weighted by Crippen LogP contribution is 2.50. The zero-order chi connectivity index (χ0) is 15.6. The van der Waals surface area contributed by atoms with Crippen molar-refractivity contribution in [1.29, 1.82) is 0 Å². The van der Waals surface area contributed by atoms with Crippen molar-refractivity contribution < 1.29 is 9.53 Å². The molecule has 1 N–H and O–H groups in total. The predicted molar refractivity (Wildman–Crippen MR) is 87.7 cm³/mol. The van der Waals surface area contributed by atoms with Crippen LogP contribution < -0.4 is 10.1 Å². The van der Waals surface area contributed by atoms with Gasteiger partial charge in [0.1, 0.15) is 5.75 Å². The molecule has 0 spiro atoms. The van der Waals surface area contributed by atoms with E-state index >= 15 is 0 Å². The van der Waals surface area contributed by atoms with Crippen LogP contribution in [0.15, 0.2) is 48.5 Å². The Hall–Kier alpha value is -2.00. The van der Waals surface area contributed by atoms with Gasteiger partial charge in [-0.15, -0.1) is 0 Å². The van der Waals surface area contributed by atoms with Crippen molar-refractivity contribution in [3.8, 4) is 5.75 Å². The van der Waals surface area contributed by atoms with Crippen molar-refractivity contribution in [3.05, 3.63) is 64.7 Å². The molecular weight excluding hydrogens is 298 g/mol. The van der Waals surface area contributed by atoms with E-state index < -0.39 is 0 Å². The fourth-order valence-corrected chi connectivity index (χ4v) is 2.99. The average molecular weight is 316 g/mol. The minimum atomic E-state index is -0.133. The SMILES string of the molecule is COc1ccccc1C1(CNC(=O)c2ccccc2Cl)CC1. The summed E-state index contributed by atoms with van der Waals surface area (Å²) in [7, 11) is 1.68. The first-order chi connectivity index (χ1) is 10.7. The third kappa shape index (κ3) is 2.81. The van der Waals surface area contributed by atoms with Crippen molar-refractivity contribution in [1.82, 2.24) is 5.32 Å². The van der Waals surface area contributed by atoms with E-state index in [4.69, 9.17) is 16.3 Å². The van der Waals surface area contributed by atoms with Gasteiger partial charge in [-0.05, 0) is 31.0 Å². The zero-order valence-corrected chi connectivity index (χ0v) is 13.2. The van der Waals surface area contributed by atoms with Gasteiger partial charge in [0.05, 0.1) is 17.7 Å². The third-order valence-corrected chi connectivity index (χ3v) is 4.57. The Labute approximate surface area is 135 Å². The molecule has 0 saturated heterocycles.